The van der Waals surface area contributed by atoms with Crippen LogP contribution in [0.25, 0.3) is 11.1 Å². The van der Waals surface area contributed by atoms with Crippen LogP contribution in [-0.4, -0.2) is 60.0 Å². The second-order valence-electron chi connectivity index (χ2n) is 10.9. The van der Waals surface area contributed by atoms with Gasteiger partial charge < -0.3 is 25.2 Å². The van der Waals surface area contributed by atoms with Crippen molar-refractivity contribution in [2.45, 2.75) is 59.5 Å². The monoisotopic (exact) mass is 628 g/mol. The Labute approximate surface area is 263 Å². The van der Waals surface area contributed by atoms with E-state index in [4.69, 9.17) is 16.7 Å². The molecule has 0 bridgehead atoms. The van der Waals surface area contributed by atoms with Gasteiger partial charge in [-0.3, -0.25) is 19.2 Å². The van der Waals surface area contributed by atoms with Gasteiger partial charge in [0.25, 0.3) is 11.5 Å². The lowest BCUT2D eigenvalue weighted by atomic mass is 9.90. The second-order valence-corrected chi connectivity index (χ2v) is 11.3. The highest BCUT2D eigenvalue weighted by Gasteiger charge is 2.22. The molecule has 2 aromatic carbocycles. The fourth-order valence-corrected chi connectivity index (χ4v) is 5.07. The van der Waals surface area contributed by atoms with Crippen molar-refractivity contribution >= 4 is 29.9 Å². The van der Waals surface area contributed by atoms with Crippen molar-refractivity contribution in [2.24, 2.45) is 0 Å². The molecule has 1 unspecified atom stereocenters. The predicted molar refractivity (Wildman–Crippen MR) is 172 cm³/mol. The zero-order chi connectivity index (χ0) is 33.0. The van der Waals surface area contributed by atoms with Gasteiger partial charge in [0, 0.05) is 36.4 Å². The number of carbonyl (C=O) groups is 3. The number of amides is 2. The molecule has 0 saturated carbocycles. The molecule has 0 aliphatic rings. The fourth-order valence-electron chi connectivity index (χ4n) is 4.74. The normalized spacial score (nSPS) is 11.4. The molecule has 238 valence electrons. The Hall–Kier alpha value is -4.02. The van der Waals surface area contributed by atoms with E-state index in [1.54, 1.807) is 42.0 Å². The number of aliphatic carboxylic acids is 1. The van der Waals surface area contributed by atoms with Crippen molar-refractivity contribution in [3.63, 3.8) is 0 Å². The summed E-state index contributed by atoms with van der Waals surface area (Å²) in [5.41, 5.74) is 4.05. The van der Waals surface area contributed by atoms with Crippen molar-refractivity contribution in [3.05, 3.63) is 91.6 Å². The Balaban J connectivity index is 0.000000319. The quantitative estimate of drug-likeness (QED) is 0.175. The van der Waals surface area contributed by atoms with E-state index in [-0.39, 0.29) is 22.6 Å². The van der Waals surface area contributed by atoms with Crippen LogP contribution in [0.15, 0.2) is 47.4 Å². The molecule has 11 heteroatoms. The van der Waals surface area contributed by atoms with E-state index in [0.717, 1.165) is 41.6 Å². The largest absolute Gasteiger partial charge is 0.481 e. The molecule has 1 heterocycles. The first-order chi connectivity index (χ1) is 20.8. The zero-order valence-electron chi connectivity index (χ0n) is 26.2. The minimum Gasteiger partial charge on any atom is -0.481 e. The summed E-state index contributed by atoms with van der Waals surface area (Å²) in [4.78, 5) is 47.9. The number of unbranched alkanes of at least 4 members (excludes halogenated alkanes) is 1. The molecule has 0 radical (unpaired) electrons. The van der Waals surface area contributed by atoms with Crippen molar-refractivity contribution in [1.29, 1.82) is 0 Å². The minimum absolute atomic E-state index is 0.151. The maximum Gasteiger partial charge on any atom is 0.305 e. The lowest BCUT2D eigenvalue weighted by molar-refractivity contribution is -0.137. The molecule has 0 fully saturated rings. The molecule has 1 aromatic heterocycles. The Kier molecular flexibility index (Phi) is 14.2. The predicted octanol–water partition coefficient (Wildman–Crippen LogP) is 5.27. The maximum atomic E-state index is 14.6. The Morgan fingerprint density at radius 3 is 2.34 bits per heavy atom. The van der Waals surface area contributed by atoms with Gasteiger partial charge in [-0.1, -0.05) is 24.9 Å². The van der Waals surface area contributed by atoms with Gasteiger partial charge in [-0.05, 0) is 106 Å². The SMILES string of the molecule is CCCCNC(=O)c1cccn(CCN(C)C)c1=O.Cc1cc(-c2c(C)cc(Cl)cc2C)cc(C(CC(=O)O)NC=O)c1F. The minimum atomic E-state index is -1.12. The molecule has 1 atom stereocenters. The van der Waals surface area contributed by atoms with Crippen molar-refractivity contribution in [2.75, 3.05) is 27.2 Å². The number of rotatable bonds is 13. The highest BCUT2D eigenvalue weighted by molar-refractivity contribution is 6.30. The van der Waals surface area contributed by atoms with E-state index in [1.807, 2.05) is 45.0 Å². The van der Waals surface area contributed by atoms with Gasteiger partial charge in [-0.25, -0.2) is 4.39 Å². The number of aromatic nitrogens is 1. The van der Waals surface area contributed by atoms with Gasteiger partial charge in [-0.15, -0.1) is 0 Å². The van der Waals surface area contributed by atoms with Gasteiger partial charge in [0.1, 0.15) is 11.4 Å². The molecule has 3 rings (SSSR count). The molecular formula is C33H42ClFN4O5. The number of pyridine rings is 1. The molecule has 0 aliphatic heterocycles. The number of hydrogen-bond acceptors (Lipinski definition) is 5. The third kappa shape index (κ3) is 10.3. The van der Waals surface area contributed by atoms with E-state index >= 15 is 0 Å². The molecule has 0 spiro atoms. The number of hydrogen-bond donors (Lipinski definition) is 3. The van der Waals surface area contributed by atoms with Crippen LogP contribution in [0.4, 0.5) is 4.39 Å². The van der Waals surface area contributed by atoms with Gasteiger partial charge in [0.2, 0.25) is 6.41 Å². The molecule has 0 saturated heterocycles. The standard InChI is InChI=1S/C19H19ClFNO3.C14H23N3O2/c1-10-5-14(20)6-11(2)18(10)13-4-12(3)19(21)15(7-13)16(22-9-23)8-17(24)25;1-4-5-8-15-13(18)12-7-6-9-17(14(12)19)11-10-16(2)3/h4-7,9,16H,8H2,1-3H3,(H,22,23)(H,24,25);6-7,9H,4-5,8,10-11H2,1-3H3,(H,15,18). The summed E-state index contributed by atoms with van der Waals surface area (Å²) in [6.45, 7) is 9.45. The van der Waals surface area contributed by atoms with Crippen molar-refractivity contribution in [3.8, 4) is 11.1 Å². The van der Waals surface area contributed by atoms with Gasteiger partial charge >= 0.3 is 5.97 Å². The number of likely N-dealkylation sites (N-methyl/N-ethyl adjacent to an activating group) is 1. The molecule has 3 aromatic rings. The number of carbonyl (C=O) groups excluding carboxylic acids is 2. The highest BCUT2D eigenvalue weighted by Crippen LogP contribution is 2.34. The van der Waals surface area contributed by atoms with Crippen LogP contribution in [0, 0.1) is 26.6 Å². The van der Waals surface area contributed by atoms with Crippen LogP contribution in [0.1, 0.15) is 64.8 Å². The van der Waals surface area contributed by atoms with Crippen LogP contribution >= 0.6 is 11.6 Å². The Morgan fingerprint density at radius 1 is 1.11 bits per heavy atom. The van der Waals surface area contributed by atoms with E-state index in [1.165, 1.54) is 0 Å². The van der Waals surface area contributed by atoms with Gasteiger partial charge in [-0.2, -0.15) is 0 Å². The first-order valence-corrected chi connectivity index (χ1v) is 14.8. The topological polar surface area (TPSA) is 121 Å². The number of nitrogens with zero attached hydrogens (tertiary/aromatic N) is 2. The molecular weight excluding hydrogens is 587 g/mol. The Morgan fingerprint density at radius 2 is 1.77 bits per heavy atom. The summed E-state index contributed by atoms with van der Waals surface area (Å²) >= 11 is 6.07. The summed E-state index contributed by atoms with van der Waals surface area (Å²) in [7, 11) is 3.90. The van der Waals surface area contributed by atoms with E-state index in [9.17, 15) is 23.6 Å². The number of carboxylic acid groups (broad SMARTS) is 1. The van der Waals surface area contributed by atoms with Gasteiger partial charge in [0.05, 0.1) is 12.5 Å². The number of aryl methyl sites for hydroxylation is 3. The smallest absolute Gasteiger partial charge is 0.305 e. The summed E-state index contributed by atoms with van der Waals surface area (Å²) < 4.78 is 16.2. The summed E-state index contributed by atoms with van der Waals surface area (Å²) in [5.74, 6) is -1.92. The third-order valence-corrected chi connectivity index (χ3v) is 7.18. The van der Waals surface area contributed by atoms with Crippen molar-refractivity contribution < 1.29 is 23.9 Å². The first kappa shape index (κ1) is 36.2. The van der Waals surface area contributed by atoms with E-state index in [2.05, 4.69) is 17.6 Å². The molecule has 2 amide bonds. The second kappa shape index (κ2) is 17.3. The number of nitrogens with one attached hydrogen (secondary N) is 2. The number of halogens is 2. The number of benzene rings is 2. The Bertz CT molecular complexity index is 1500. The van der Waals surface area contributed by atoms with Crippen LogP contribution in [0.5, 0.6) is 0 Å². The fraction of sp³-hybridized carbons (Fsp3) is 0.394. The number of carboxylic acids is 1. The summed E-state index contributed by atoms with van der Waals surface area (Å²) in [6, 6.07) is 9.32. The van der Waals surface area contributed by atoms with Crippen molar-refractivity contribution in [1.82, 2.24) is 20.1 Å². The maximum absolute atomic E-state index is 14.6. The zero-order valence-corrected chi connectivity index (χ0v) is 26.9. The average Bonchev–Trinajstić information content (AvgIpc) is 2.93. The lowest BCUT2D eigenvalue weighted by Crippen LogP contribution is -2.34. The van der Waals surface area contributed by atoms with Crippen LogP contribution < -0.4 is 16.2 Å². The lowest BCUT2D eigenvalue weighted by Gasteiger charge is -2.19. The van der Waals surface area contributed by atoms with Crippen LogP contribution in [0.2, 0.25) is 5.02 Å². The average molecular weight is 629 g/mol. The van der Waals surface area contributed by atoms with Gasteiger partial charge in [0.15, 0.2) is 0 Å². The molecule has 3 N–H and O–H groups in total. The van der Waals surface area contributed by atoms with Crippen LogP contribution in [0.3, 0.4) is 0 Å². The molecule has 0 aliphatic carbocycles. The summed E-state index contributed by atoms with van der Waals surface area (Å²) in [6.07, 6.45) is 3.63. The molecule has 44 heavy (non-hydrogen) atoms. The van der Waals surface area contributed by atoms with Crippen LogP contribution in [-0.2, 0) is 16.1 Å². The first-order valence-electron chi connectivity index (χ1n) is 14.4. The summed E-state index contributed by atoms with van der Waals surface area (Å²) in [5, 5.41) is 14.8. The molecule has 9 nitrogen and oxygen atoms in total. The third-order valence-electron chi connectivity index (χ3n) is 6.96. The van der Waals surface area contributed by atoms with E-state index < -0.39 is 24.2 Å². The highest BCUT2D eigenvalue weighted by atomic mass is 35.5. The van der Waals surface area contributed by atoms with E-state index in [0.29, 0.717) is 30.1 Å².